The van der Waals surface area contributed by atoms with Gasteiger partial charge in [0.15, 0.2) is 5.65 Å². The van der Waals surface area contributed by atoms with Crippen molar-refractivity contribution in [2.75, 3.05) is 0 Å². The lowest BCUT2D eigenvalue weighted by atomic mass is 10.1. The number of carbonyl (C=O) groups excluding carboxylic acids is 1. The van der Waals surface area contributed by atoms with Gasteiger partial charge in [0.1, 0.15) is 11.4 Å². The number of nitrogens with zero attached hydrogens (tertiary/aromatic N) is 3. The van der Waals surface area contributed by atoms with Gasteiger partial charge >= 0.3 is 0 Å². The highest BCUT2D eigenvalue weighted by atomic mass is 32.1. The summed E-state index contributed by atoms with van der Waals surface area (Å²) in [6.45, 7) is 3.89. The number of carbonyl (C=O) groups is 1. The zero-order valence-electron chi connectivity index (χ0n) is 14.5. The van der Waals surface area contributed by atoms with Gasteiger partial charge < -0.3 is 5.32 Å². The van der Waals surface area contributed by atoms with Crippen molar-refractivity contribution in [1.29, 1.82) is 0 Å². The van der Waals surface area contributed by atoms with E-state index in [0.29, 0.717) is 11.3 Å². The van der Waals surface area contributed by atoms with E-state index in [0.717, 1.165) is 21.8 Å². The molecule has 0 aliphatic rings. The molecule has 0 aliphatic carbocycles. The molecule has 26 heavy (non-hydrogen) atoms. The normalized spacial score (nSPS) is 12.2. The minimum atomic E-state index is -0.189. The Morgan fingerprint density at radius 3 is 2.69 bits per heavy atom. The third-order valence-electron chi connectivity index (χ3n) is 4.26. The Hall–Kier alpha value is -2.99. The summed E-state index contributed by atoms with van der Waals surface area (Å²) in [5, 5.41) is 9.62. The lowest BCUT2D eigenvalue weighted by Gasteiger charge is -2.14. The van der Waals surface area contributed by atoms with E-state index in [4.69, 9.17) is 0 Å². The molecule has 130 valence electrons. The number of amides is 1. The number of aromatic nitrogens is 3. The molecule has 5 nitrogen and oxygen atoms in total. The molecule has 0 saturated carbocycles. The Kier molecular flexibility index (Phi) is 4.26. The lowest BCUT2D eigenvalue weighted by Crippen LogP contribution is -2.27. The minimum absolute atomic E-state index is 0.0892. The van der Waals surface area contributed by atoms with Gasteiger partial charge in [-0.3, -0.25) is 4.79 Å². The summed E-state index contributed by atoms with van der Waals surface area (Å²) in [4.78, 5) is 18.2. The molecule has 3 aromatic heterocycles. The van der Waals surface area contributed by atoms with Crippen molar-refractivity contribution < 1.29 is 4.79 Å². The Balaban J connectivity index is 1.63. The van der Waals surface area contributed by atoms with E-state index < -0.39 is 0 Å². The molecule has 0 aliphatic heterocycles. The number of benzene rings is 1. The average molecular weight is 362 g/mol. The summed E-state index contributed by atoms with van der Waals surface area (Å²) in [6, 6.07) is 17.5. The second-order valence-corrected chi connectivity index (χ2v) is 7.11. The van der Waals surface area contributed by atoms with Crippen molar-refractivity contribution in [2.45, 2.75) is 19.9 Å². The van der Waals surface area contributed by atoms with Gasteiger partial charge in [-0.1, -0.05) is 36.4 Å². The fourth-order valence-corrected chi connectivity index (χ4v) is 3.56. The van der Waals surface area contributed by atoms with Gasteiger partial charge in [-0.05, 0) is 36.9 Å². The second kappa shape index (κ2) is 6.72. The van der Waals surface area contributed by atoms with Crippen LogP contribution in [0.25, 0.3) is 16.2 Å². The van der Waals surface area contributed by atoms with Crippen molar-refractivity contribution in [3.63, 3.8) is 0 Å². The quantitative estimate of drug-likeness (QED) is 0.590. The summed E-state index contributed by atoms with van der Waals surface area (Å²) < 4.78 is 1.77. The van der Waals surface area contributed by atoms with Crippen LogP contribution >= 0.6 is 11.3 Å². The van der Waals surface area contributed by atoms with Crippen LogP contribution in [0.5, 0.6) is 0 Å². The molecule has 4 aromatic rings. The molecular weight excluding hydrogens is 344 g/mol. The molecule has 0 unspecified atom stereocenters. The largest absolute Gasteiger partial charge is 0.344 e. The predicted molar refractivity (Wildman–Crippen MR) is 103 cm³/mol. The molecule has 0 saturated heterocycles. The first-order valence-corrected chi connectivity index (χ1v) is 9.27. The molecule has 1 aromatic carbocycles. The van der Waals surface area contributed by atoms with Gasteiger partial charge in [-0.15, -0.1) is 11.3 Å². The third kappa shape index (κ3) is 3.11. The van der Waals surface area contributed by atoms with Gasteiger partial charge in [0, 0.05) is 11.8 Å². The first kappa shape index (κ1) is 16.5. The molecule has 6 heteroatoms. The van der Waals surface area contributed by atoms with Crippen molar-refractivity contribution >= 4 is 22.9 Å². The number of aryl methyl sites for hydroxylation is 1. The van der Waals surface area contributed by atoms with Gasteiger partial charge in [0.05, 0.1) is 10.9 Å². The van der Waals surface area contributed by atoms with Crippen molar-refractivity contribution in [1.82, 2.24) is 19.9 Å². The first-order chi connectivity index (χ1) is 12.6. The van der Waals surface area contributed by atoms with Crippen LogP contribution in [0.4, 0.5) is 0 Å². The van der Waals surface area contributed by atoms with E-state index in [1.165, 1.54) is 0 Å². The number of nitrogens with one attached hydrogen (secondary N) is 1. The van der Waals surface area contributed by atoms with Gasteiger partial charge in [0.25, 0.3) is 5.91 Å². The Morgan fingerprint density at radius 2 is 1.96 bits per heavy atom. The predicted octanol–water partition coefficient (Wildman–Crippen LogP) is 4.26. The molecule has 1 N–H and O–H groups in total. The topological polar surface area (TPSA) is 59.3 Å². The van der Waals surface area contributed by atoms with Crippen LogP contribution in [-0.4, -0.2) is 20.5 Å². The molecule has 0 fully saturated rings. The fourth-order valence-electron chi connectivity index (χ4n) is 2.88. The molecule has 1 amide bonds. The van der Waals surface area contributed by atoms with Gasteiger partial charge in [-0.25, -0.2) is 9.50 Å². The van der Waals surface area contributed by atoms with Crippen LogP contribution in [0, 0.1) is 6.92 Å². The van der Waals surface area contributed by atoms with Gasteiger partial charge in [0.2, 0.25) is 0 Å². The number of fused-ring (bicyclic) bond motifs is 1. The second-order valence-electron chi connectivity index (χ2n) is 6.17. The molecule has 3 heterocycles. The van der Waals surface area contributed by atoms with Crippen LogP contribution in [-0.2, 0) is 0 Å². The maximum Gasteiger partial charge on any atom is 0.270 e. The number of thiophene rings is 1. The maximum absolute atomic E-state index is 12.7. The summed E-state index contributed by atoms with van der Waals surface area (Å²) in [7, 11) is 0. The smallest absolute Gasteiger partial charge is 0.270 e. The Labute approximate surface area is 155 Å². The molecule has 0 bridgehead atoms. The summed E-state index contributed by atoms with van der Waals surface area (Å²) in [5.41, 5.74) is 3.87. The van der Waals surface area contributed by atoms with Crippen LogP contribution in [0.15, 0.2) is 60.0 Å². The molecule has 0 spiro atoms. The van der Waals surface area contributed by atoms with E-state index in [1.54, 1.807) is 21.9 Å². The highest BCUT2D eigenvalue weighted by Crippen LogP contribution is 2.24. The minimum Gasteiger partial charge on any atom is -0.344 e. The van der Waals surface area contributed by atoms with Crippen molar-refractivity contribution in [3.05, 3.63) is 76.9 Å². The summed E-state index contributed by atoms with van der Waals surface area (Å²) in [6.07, 6.45) is 0. The van der Waals surface area contributed by atoms with E-state index in [1.807, 2.05) is 67.8 Å². The SMILES string of the molecule is Cc1cc(C(=O)N[C@@H](C)c2ccccc2)nc2cc(-c3cccs3)nn12. The maximum atomic E-state index is 12.7. The molecule has 4 rings (SSSR count). The third-order valence-corrected chi connectivity index (χ3v) is 5.15. The van der Waals surface area contributed by atoms with Crippen molar-refractivity contribution in [3.8, 4) is 10.6 Å². The van der Waals surface area contributed by atoms with Crippen LogP contribution in [0.1, 0.15) is 34.7 Å². The van der Waals surface area contributed by atoms with Crippen LogP contribution < -0.4 is 5.32 Å². The van der Waals surface area contributed by atoms with E-state index in [-0.39, 0.29) is 11.9 Å². The standard InChI is InChI=1S/C20H18N4OS/c1-13-11-17(20(25)21-14(2)15-7-4-3-5-8-15)22-19-12-16(23-24(13)19)18-9-6-10-26-18/h3-12,14H,1-2H3,(H,21,25)/t14-/m0/s1. The number of rotatable bonds is 4. The highest BCUT2D eigenvalue weighted by Gasteiger charge is 2.16. The zero-order valence-corrected chi connectivity index (χ0v) is 15.3. The van der Waals surface area contributed by atoms with Gasteiger partial charge in [-0.2, -0.15) is 5.10 Å². The Bertz CT molecular complexity index is 1050. The van der Waals surface area contributed by atoms with Crippen molar-refractivity contribution in [2.24, 2.45) is 0 Å². The zero-order chi connectivity index (χ0) is 18.1. The summed E-state index contributed by atoms with van der Waals surface area (Å²) in [5.74, 6) is -0.189. The van der Waals surface area contributed by atoms with E-state index in [9.17, 15) is 4.79 Å². The van der Waals surface area contributed by atoms with E-state index in [2.05, 4.69) is 15.4 Å². The fraction of sp³-hybridized carbons (Fsp3) is 0.150. The average Bonchev–Trinajstić information content (AvgIpc) is 3.31. The van der Waals surface area contributed by atoms with E-state index >= 15 is 0 Å². The monoisotopic (exact) mass is 362 g/mol. The molecular formula is C20H18N4OS. The number of hydrogen-bond donors (Lipinski definition) is 1. The molecule has 0 radical (unpaired) electrons. The van der Waals surface area contributed by atoms with Crippen LogP contribution in [0.3, 0.4) is 0 Å². The lowest BCUT2D eigenvalue weighted by molar-refractivity contribution is 0.0935. The summed E-state index contributed by atoms with van der Waals surface area (Å²) >= 11 is 1.63. The highest BCUT2D eigenvalue weighted by molar-refractivity contribution is 7.13. The first-order valence-electron chi connectivity index (χ1n) is 8.39. The van der Waals surface area contributed by atoms with Crippen LogP contribution in [0.2, 0.25) is 0 Å². The Morgan fingerprint density at radius 1 is 1.15 bits per heavy atom. The molecule has 1 atom stereocenters. The number of hydrogen-bond acceptors (Lipinski definition) is 4.